The quantitative estimate of drug-likeness (QED) is 0.835. The first-order valence-electron chi connectivity index (χ1n) is 5.57. The Labute approximate surface area is 104 Å². The van der Waals surface area contributed by atoms with Crippen molar-refractivity contribution in [2.24, 2.45) is 5.73 Å². The van der Waals surface area contributed by atoms with Gasteiger partial charge in [-0.15, -0.1) is 23.1 Å². The van der Waals surface area contributed by atoms with Crippen LogP contribution in [0.25, 0.3) is 4.96 Å². The number of imidazole rings is 1. The van der Waals surface area contributed by atoms with Gasteiger partial charge in [0.05, 0.1) is 5.69 Å². The lowest BCUT2D eigenvalue weighted by Gasteiger charge is -2.07. The predicted molar refractivity (Wildman–Crippen MR) is 71.4 cm³/mol. The Morgan fingerprint density at radius 2 is 2.44 bits per heavy atom. The van der Waals surface area contributed by atoms with Crippen molar-refractivity contribution in [3.8, 4) is 0 Å². The van der Waals surface area contributed by atoms with E-state index in [4.69, 9.17) is 5.73 Å². The highest BCUT2D eigenvalue weighted by molar-refractivity contribution is 7.99. The molecule has 0 aliphatic heterocycles. The molecule has 2 heterocycles. The molecule has 1 atom stereocenters. The highest BCUT2D eigenvalue weighted by Gasteiger charge is 2.14. The zero-order valence-corrected chi connectivity index (χ0v) is 11.3. The smallest absolute Gasteiger partial charge is 0.194 e. The molecule has 3 nitrogen and oxygen atoms in total. The largest absolute Gasteiger partial charge is 0.330 e. The monoisotopic (exact) mass is 255 g/mol. The van der Waals surface area contributed by atoms with Gasteiger partial charge in [-0.1, -0.05) is 13.8 Å². The van der Waals surface area contributed by atoms with Crippen LogP contribution in [0, 0.1) is 0 Å². The Morgan fingerprint density at radius 3 is 3.12 bits per heavy atom. The molecule has 0 spiro atoms. The maximum Gasteiger partial charge on any atom is 0.194 e. The molecule has 16 heavy (non-hydrogen) atoms. The van der Waals surface area contributed by atoms with Crippen molar-refractivity contribution < 1.29 is 0 Å². The minimum atomic E-state index is 0.612. The van der Waals surface area contributed by atoms with Gasteiger partial charge in [-0.05, 0) is 13.0 Å². The van der Waals surface area contributed by atoms with Crippen LogP contribution in [-0.4, -0.2) is 21.2 Å². The van der Waals surface area contributed by atoms with Gasteiger partial charge in [-0.3, -0.25) is 4.40 Å². The minimum Gasteiger partial charge on any atom is -0.330 e. The van der Waals surface area contributed by atoms with E-state index in [1.54, 1.807) is 11.3 Å². The van der Waals surface area contributed by atoms with Crippen LogP contribution in [0.5, 0.6) is 0 Å². The molecule has 0 bridgehead atoms. The van der Waals surface area contributed by atoms with E-state index in [1.807, 2.05) is 11.8 Å². The van der Waals surface area contributed by atoms with Gasteiger partial charge in [0, 0.05) is 23.2 Å². The number of hydrogen-bond acceptors (Lipinski definition) is 4. The molecule has 0 aromatic carbocycles. The van der Waals surface area contributed by atoms with Crippen LogP contribution in [-0.2, 0) is 6.42 Å². The molecule has 2 aromatic heterocycles. The van der Waals surface area contributed by atoms with Gasteiger partial charge in [0.25, 0.3) is 0 Å². The summed E-state index contributed by atoms with van der Waals surface area (Å²) in [6.07, 6.45) is 4.15. The van der Waals surface area contributed by atoms with Crippen LogP contribution in [0.4, 0.5) is 0 Å². The van der Waals surface area contributed by atoms with E-state index in [0.717, 1.165) is 22.8 Å². The molecule has 0 aliphatic carbocycles. The Bertz CT molecular complexity index is 461. The van der Waals surface area contributed by atoms with Gasteiger partial charge < -0.3 is 5.73 Å². The summed E-state index contributed by atoms with van der Waals surface area (Å²) >= 11 is 3.54. The van der Waals surface area contributed by atoms with Crippen molar-refractivity contribution in [3.63, 3.8) is 0 Å². The van der Waals surface area contributed by atoms with Crippen molar-refractivity contribution in [2.45, 2.75) is 37.0 Å². The fourth-order valence-corrected chi connectivity index (χ4v) is 3.36. The second-order valence-electron chi connectivity index (χ2n) is 3.79. The molecule has 2 aromatic rings. The lowest BCUT2D eigenvalue weighted by atomic mass is 10.3. The Kier molecular flexibility index (Phi) is 3.89. The number of nitrogens with zero attached hydrogens (tertiary/aromatic N) is 2. The topological polar surface area (TPSA) is 43.3 Å². The van der Waals surface area contributed by atoms with Crippen LogP contribution in [0.3, 0.4) is 0 Å². The summed E-state index contributed by atoms with van der Waals surface area (Å²) in [7, 11) is 0. The molecule has 0 saturated heterocycles. The summed E-state index contributed by atoms with van der Waals surface area (Å²) in [5, 5.41) is 3.84. The van der Waals surface area contributed by atoms with Gasteiger partial charge in [0.15, 0.2) is 4.96 Å². The molecular formula is C11H17N3S2. The third-order valence-electron chi connectivity index (χ3n) is 2.59. The van der Waals surface area contributed by atoms with Crippen molar-refractivity contribution >= 4 is 28.1 Å². The number of aromatic nitrogens is 2. The van der Waals surface area contributed by atoms with Gasteiger partial charge in [-0.25, -0.2) is 4.98 Å². The standard InChI is InChI=1S/C11H17N3S2/c1-3-8(2)16-10-9(4-5-12)14-6-7-15-11(14)13-10/h6-8H,3-5,12H2,1-2H3. The van der Waals surface area contributed by atoms with E-state index in [0.29, 0.717) is 11.8 Å². The first-order chi connectivity index (χ1) is 7.76. The molecule has 1 unspecified atom stereocenters. The summed E-state index contributed by atoms with van der Waals surface area (Å²) < 4.78 is 2.17. The molecule has 2 N–H and O–H groups in total. The zero-order valence-electron chi connectivity index (χ0n) is 9.64. The van der Waals surface area contributed by atoms with Gasteiger partial charge in [-0.2, -0.15) is 0 Å². The van der Waals surface area contributed by atoms with Crippen LogP contribution < -0.4 is 5.73 Å². The molecular weight excluding hydrogens is 238 g/mol. The Hall–Kier alpha value is -0.520. The average Bonchev–Trinajstić information content (AvgIpc) is 2.82. The summed E-state index contributed by atoms with van der Waals surface area (Å²) in [5.74, 6) is 0. The molecule has 5 heteroatoms. The number of nitrogens with two attached hydrogens (primary N) is 1. The number of rotatable bonds is 5. The number of fused-ring (bicyclic) bond motifs is 1. The number of thiazole rings is 1. The molecule has 0 aliphatic rings. The first kappa shape index (κ1) is 12.0. The Balaban J connectivity index is 2.34. The fraction of sp³-hybridized carbons (Fsp3) is 0.545. The maximum atomic E-state index is 5.66. The fourth-order valence-electron chi connectivity index (χ4n) is 1.55. The summed E-state index contributed by atoms with van der Waals surface area (Å²) in [6.45, 7) is 5.13. The van der Waals surface area contributed by atoms with Crippen LogP contribution in [0.2, 0.25) is 0 Å². The van der Waals surface area contributed by atoms with Crippen molar-refractivity contribution in [1.82, 2.24) is 9.38 Å². The maximum absolute atomic E-state index is 5.66. The lowest BCUT2D eigenvalue weighted by Crippen LogP contribution is -2.06. The Morgan fingerprint density at radius 1 is 1.62 bits per heavy atom. The second-order valence-corrected chi connectivity index (χ2v) is 6.09. The molecule has 0 fully saturated rings. The van der Waals surface area contributed by atoms with E-state index in [9.17, 15) is 0 Å². The minimum absolute atomic E-state index is 0.612. The summed E-state index contributed by atoms with van der Waals surface area (Å²) in [4.78, 5) is 5.75. The van der Waals surface area contributed by atoms with Crippen LogP contribution in [0.15, 0.2) is 16.6 Å². The van der Waals surface area contributed by atoms with E-state index in [1.165, 1.54) is 5.69 Å². The van der Waals surface area contributed by atoms with E-state index in [-0.39, 0.29) is 0 Å². The summed E-state index contributed by atoms with van der Waals surface area (Å²) in [6, 6.07) is 0. The average molecular weight is 255 g/mol. The van der Waals surface area contributed by atoms with E-state index >= 15 is 0 Å². The van der Waals surface area contributed by atoms with Crippen molar-refractivity contribution in [1.29, 1.82) is 0 Å². The van der Waals surface area contributed by atoms with Crippen molar-refractivity contribution in [3.05, 3.63) is 17.3 Å². The van der Waals surface area contributed by atoms with Crippen LogP contribution in [0.1, 0.15) is 26.0 Å². The van der Waals surface area contributed by atoms with E-state index < -0.39 is 0 Å². The van der Waals surface area contributed by atoms with Crippen molar-refractivity contribution in [2.75, 3.05) is 6.54 Å². The SMILES string of the molecule is CCC(C)Sc1nc2sccn2c1CCN. The lowest BCUT2D eigenvalue weighted by molar-refractivity contribution is 0.867. The third kappa shape index (κ3) is 2.26. The highest BCUT2D eigenvalue weighted by Crippen LogP contribution is 2.30. The molecule has 88 valence electrons. The highest BCUT2D eigenvalue weighted by atomic mass is 32.2. The molecule has 0 saturated carbocycles. The van der Waals surface area contributed by atoms with Gasteiger partial charge in [0.1, 0.15) is 5.03 Å². The van der Waals surface area contributed by atoms with E-state index in [2.05, 4.69) is 34.8 Å². The van der Waals surface area contributed by atoms with Crippen LogP contribution >= 0.6 is 23.1 Å². The normalized spacial score (nSPS) is 13.4. The molecule has 2 rings (SSSR count). The molecule has 0 amide bonds. The zero-order chi connectivity index (χ0) is 11.5. The number of hydrogen-bond donors (Lipinski definition) is 1. The second kappa shape index (κ2) is 5.21. The summed E-state index contributed by atoms with van der Waals surface area (Å²) in [5.41, 5.74) is 6.93. The molecule has 0 radical (unpaired) electrons. The first-order valence-corrected chi connectivity index (χ1v) is 7.33. The third-order valence-corrected chi connectivity index (χ3v) is 4.64. The van der Waals surface area contributed by atoms with Gasteiger partial charge >= 0.3 is 0 Å². The number of thioether (sulfide) groups is 1. The predicted octanol–water partition coefficient (Wildman–Crippen LogP) is 2.79. The van der Waals surface area contributed by atoms with Gasteiger partial charge in [0.2, 0.25) is 0 Å².